The molecule has 4 nitrogen and oxygen atoms in total. The van der Waals surface area contributed by atoms with Crippen LogP contribution in [-0.2, 0) is 4.74 Å². The van der Waals surface area contributed by atoms with Crippen molar-refractivity contribution in [3.63, 3.8) is 0 Å². The van der Waals surface area contributed by atoms with Gasteiger partial charge in [0.25, 0.3) is 5.56 Å². The van der Waals surface area contributed by atoms with Crippen LogP contribution in [0, 0.1) is 0 Å². The highest BCUT2D eigenvalue weighted by molar-refractivity contribution is 5.58. The van der Waals surface area contributed by atoms with E-state index < -0.39 is 0 Å². The van der Waals surface area contributed by atoms with E-state index in [1.165, 1.54) is 6.20 Å². The number of nitrogens with one attached hydrogen (secondary N) is 1. The summed E-state index contributed by atoms with van der Waals surface area (Å²) in [5, 5.41) is 0. The van der Waals surface area contributed by atoms with Crippen LogP contribution in [0.5, 0.6) is 0 Å². The van der Waals surface area contributed by atoms with Gasteiger partial charge in [0.05, 0.1) is 24.2 Å². The molecule has 0 unspecified atom stereocenters. The number of nitrogens with zero attached hydrogens (tertiary/aromatic N) is 1. The number of benzene rings is 1. The Hall–Kier alpha value is -1.94. The highest BCUT2D eigenvalue weighted by Gasteiger charge is 2.05. The fourth-order valence-electron chi connectivity index (χ4n) is 1.62. The lowest BCUT2D eigenvalue weighted by Crippen LogP contribution is -2.06. The van der Waals surface area contributed by atoms with Crippen LogP contribution in [-0.4, -0.2) is 17.1 Å². The van der Waals surface area contributed by atoms with E-state index in [9.17, 15) is 4.79 Å². The lowest BCUT2D eigenvalue weighted by atomic mass is 10.1. The summed E-state index contributed by atoms with van der Waals surface area (Å²) < 4.78 is 5.26. The largest absolute Gasteiger partial charge is 0.377 e. The average Bonchev–Trinajstić information content (AvgIpc) is 2.38. The smallest absolute Gasteiger partial charge is 0.266 e. The van der Waals surface area contributed by atoms with E-state index in [0.717, 1.165) is 11.1 Å². The van der Waals surface area contributed by atoms with Crippen LogP contribution >= 0.6 is 0 Å². The highest BCUT2D eigenvalue weighted by Crippen LogP contribution is 2.21. The van der Waals surface area contributed by atoms with Gasteiger partial charge in [-0.1, -0.05) is 18.2 Å². The maximum Gasteiger partial charge on any atom is 0.266 e. The molecule has 0 aliphatic heterocycles. The van der Waals surface area contributed by atoms with Crippen molar-refractivity contribution < 1.29 is 4.74 Å². The van der Waals surface area contributed by atoms with Crippen LogP contribution in [0.4, 0.5) is 0 Å². The molecule has 0 spiro atoms. The molecule has 0 fully saturated rings. The first-order valence-corrected chi connectivity index (χ1v) is 5.38. The number of aromatic amines is 1. The normalized spacial score (nSPS) is 12.4. The topological polar surface area (TPSA) is 55.0 Å². The van der Waals surface area contributed by atoms with E-state index in [4.69, 9.17) is 4.74 Å². The van der Waals surface area contributed by atoms with Gasteiger partial charge < -0.3 is 9.72 Å². The maximum absolute atomic E-state index is 11.2. The van der Waals surface area contributed by atoms with Gasteiger partial charge in [0.1, 0.15) is 0 Å². The van der Waals surface area contributed by atoms with E-state index in [0.29, 0.717) is 5.69 Å². The second-order valence-corrected chi connectivity index (χ2v) is 3.81. The molecule has 0 aliphatic rings. The Morgan fingerprint density at radius 3 is 2.88 bits per heavy atom. The average molecular weight is 230 g/mol. The summed E-state index contributed by atoms with van der Waals surface area (Å²) in [7, 11) is 1.67. The predicted octanol–water partition coefficient (Wildman–Crippen LogP) is 2.14. The van der Waals surface area contributed by atoms with Crippen molar-refractivity contribution in [1.82, 2.24) is 9.97 Å². The summed E-state index contributed by atoms with van der Waals surface area (Å²) in [6.45, 7) is 1.98. The Morgan fingerprint density at radius 2 is 2.18 bits per heavy atom. The molecule has 2 rings (SSSR count). The van der Waals surface area contributed by atoms with Gasteiger partial charge in [-0.2, -0.15) is 0 Å². The molecular weight excluding hydrogens is 216 g/mol. The molecule has 88 valence electrons. The summed E-state index contributed by atoms with van der Waals surface area (Å²) >= 11 is 0. The molecule has 0 bridgehead atoms. The SMILES string of the molecule is CO[C@H](C)c1cccc(-c2cncc(=O)[nH]2)c1. The zero-order valence-electron chi connectivity index (χ0n) is 9.81. The molecule has 17 heavy (non-hydrogen) atoms. The Kier molecular flexibility index (Phi) is 3.35. The molecule has 2 aromatic rings. The van der Waals surface area contributed by atoms with Crippen molar-refractivity contribution in [2.75, 3.05) is 7.11 Å². The number of ether oxygens (including phenoxy) is 1. The minimum atomic E-state index is -0.201. The lowest BCUT2D eigenvalue weighted by molar-refractivity contribution is 0.119. The summed E-state index contributed by atoms with van der Waals surface area (Å²) in [5.74, 6) is 0. The van der Waals surface area contributed by atoms with Crippen LogP contribution in [0.1, 0.15) is 18.6 Å². The van der Waals surface area contributed by atoms with Crippen LogP contribution < -0.4 is 5.56 Å². The number of methoxy groups -OCH3 is 1. The van der Waals surface area contributed by atoms with E-state index in [2.05, 4.69) is 9.97 Å². The molecule has 0 aliphatic carbocycles. The van der Waals surface area contributed by atoms with Crippen LogP contribution in [0.3, 0.4) is 0 Å². The van der Waals surface area contributed by atoms with Crippen LogP contribution in [0.15, 0.2) is 41.5 Å². The van der Waals surface area contributed by atoms with Gasteiger partial charge in [-0.05, 0) is 24.1 Å². The fourth-order valence-corrected chi connectivity index (χ4v) is 1.62. The second kappa shape index (κ2) is 4.93. The third-order valence-electron chi connectivity index (χ3n) is 2.67. The molecule has 4 heteroatoms. The van der Waals surface area contributed by atoms with Crippen molar-refractivity contribution in [3.05, 3.63) is 52.6 Å². The Bertz CT molecular complexity index is 563. The van der Waals surface area contributed by atoms with Gasteiger partial charge in [-0.15, -0.1) is 0 Å². The first-order chi connectivity index (χ1) is 8.20. The van der Waals surface area contributed by atoms with Gasteiger partial charge in [0.15, 0.2) is 0 Å². The minimum Gasteiger partial charge on any atom is -0.377 e. The van der Waals surface area contributed by atoms with Crippen LogP contribution in [0.25, 0.3) is 11.3 Å². The quantitative estimate of drug-likeness (QED) is 0.878. The molecular formula is C13H14N2O2. The molecule has 1 atom stereocenters. The molecule has 1 aromatic carbocycles. The summed E-state index contributed by atoms with van der Waals surface area (Å²) in [6.07, 6.45) is 2.92. The van der Waals surface area contributed by atoms with Gasteiger partial charge in [0.2, 0.25) is 0 Å². The highest BCUT2D eigenvalue weighted by atomic mass is 16.5. The van der Waals surface area contributed by atoms with Crippen molar-refractivity contribution in [3.8, 4) is 11.3 Å². The summed E-state index contributed by atoms with van der Waals surface area (Å²) in [5.41, 5.74) is 2.50. The Labute approximate surface area is 99.3 Å². The van der Waals surface area contributed by atoms with E-state index >= 15 is 0 Å². The van der Waals surface area contributed by atoms with Gasteiger partial charge in [-0.25, -0.2) is 0 Å². The maximum atomic E-state index is 11.2. The second-order valence-electron chi connectivity index (χ2n) is 3.81. The summed E-state index contributed by atoms with van der Waals surface area (Å²) in [4.78, 5) is 17.8. The minimum absolute atomic E-state index is 0.0262. The van der Waals surface area contributed by atoms with E-state index in [-0.39, 0.29) is 11.7 Å². The zero-order valence-corrected chi connectivity index (χ0v) is 9.81. The number of hydrogen-bond acceptors (Lipinski definition) is 3. The predicted molar refractivity (Wildman–Crippen MR) is 65.7 cm³/mol. The monoisotopic (exact) mass is 230 g/mol. The molecule has 1 heterocycles. The molecule has 0 radical (unpaired) electrons. The van der Waals surface area contributed by atoms with Crippen molar-refractivity contribution in [1.29, 1.82) is 0 Å². The third-order valence-corrected chi connectivity index (χ3v) is 2.67. The van der Waals surface area contributed by atoms with Gasteiger partial charge in [0, 0.05) is 7.11 Å². The number of rotatable bonds is 3. The standard InChI is InChI=1S/C13H14N2O2/c1-9(17-2)10-4-3-5-11(6-10)12-7-14-8-13(16)15-12/h3-9H,1-2H3,(H,15,16)/t9-/m1/s1. The van der Waals surface area contributed by atoms with Gasteiger partial charge >= 0.3 is 0 Å². The third kappa shape index (κ3) is 2.60. The first-order valence-electron chi connectivity index (χ1n) is 5.38. The van der Waals surface area contributed by atoms with Crippen molar-refractivity contribution in [2.45, 2.75) is 13.0 Å². The number of hydrogen-bond donors (Lipinski definition) is 1. The molecule has 1 N–H and O–H groups in total. The lowest BCUT2D eigenvalue weighted by Gasteiger charge is -2.11. The number of H-pyrrole nitrogens is 1. The van der Waals surface area contributed by atoms with Crippen molar-refractivity contribution in [2.24, 2.45) is 0 Å². The number of aromatic nitrogens is 2. The Morgan fingerprint density at radius 1 is 1.35 bits per heavy atom. The van der Waals surface area contributed by atoms with Crippen molar-refractivity contribution >= 4 is 0 Å². The van der Waals surface area contributed by atoms with Crippen LogP contribution in [0.2, 0.25) is 0 Å². The zero-order chi connectivity index (χ0) is 12.3. The molecule has 0 saturated carbocycles. The molecule has 0 amide bonds. The summed E-state index contributed by atoms with van der Waals surface area (Å²) in [6, 6.07) is 7.84. The first kappa shape index (κ1) is 11.5. The fraction of sp³-hybridized carbons (Fsp3) is 0.231. The molecule has 1 aromatic heterocycles. The van der Waals surface area contributed by atoms with Gasteiger partial charge in [-0.3, -0.25) is 9.78 Å². The van der Waals surface area contributed by atoms with E-state index in [1.54, 1.807) is 13.3 Å². The molecule has 0 saturated heterocycles. The van der Waals surface area contributed by atoms with E-state index in [1.807, 2.05) is 31.2 Å². The Balaban J connectivity index is 2.43.